The van der Waals surface area contributed by atoms with Crippen molar-refractivity contribution in [1.82, 2.24) is 0 Å². The van der Waals surface area contributed by atoms with Crippen molar-refractivity contribution < 1.29 is 23.8 Å². The minimum atomic E-state index is -0.528. The molecule has 270 valence electrons. The third kappa shape index (κ3) is 35.2. The molecule has 1 unspecified atom stereocenters. The Bertz CT molecular complexity index is 701. The van der Waals surface area contributed by atoms with Crippen molar-refractivity contribution in [3.63, 3.8) is 0 Å². The highest BCUT2D eigenvalue weighted by Crippen LogP contribution is 2.13. The number of unbranched alkanes of at least 4 members (excludes halogenated alkanes) is 21. The lowest BCUT2D eigenvalue weighted by atomic mass is 10.1. The number of esters is 2. The van der Waals surface area contributed by atoms with Gasteiger partial charge in [0, 0.05) is 19.4 Å². The minimum absolute atomic E-state index is 0.0822. The number of carbonyl (C=O) groups excluding carboxylic acids is 2. The van der Waals surface area contributed by atoms with Crippen LogP contribution in [0.5, 0.6) is 0 Å². The summed E-state index contributed by atoms with van der Waals surface area (Å²) < 4.78 is 17.1. The van der Waals surface area contributed by atoms with E-state index in [9.17, 15) is 9.59 Å². The van der Waals surface area contributed by atoms with Gasteiger partial charge in [0.15, 0.2) is 6.10 Å². The molecule has 0 saturated heterocycles. The zero-order valence-electron chi connectivity index (χ0n) is 30.8. The van der Waals surface area contributed by atoms with Gasteiger partial charge in [-0.05, 0) is 44.9 Å². The number of rotatable bonds is 36. The maximum Gasteiger partial charge on any atom is 0.306 e. The quantitative estimate of drug-likeness (QED) is 0.0384. The molecule has 0 aliphatic heterocycles. The molecule has 0 heterocycles. The highest BCUT2D eigenvalue weighted by Gasteiger charge is 2.17. The average Bonchev–Trinajstić information content (AvgIpc) is 3.05. The fourth-order valence-electron chi connectivity index (χ4n) is 5.49. The third-order valence-electron chi connectivity index (χ3n) is 8.47. The average molecular weight is 649 g/mol. The molecule has 0 aliphatic carbocycles. The highest BCUT2D eigenvalue weighted by atomic mass is 16.6. The number of allylic oxidation sites excluding steroid dienone is 4. The summed E-state index contributed by atoms with van der Waals surface area (Å²) in [4.78, 5) is 24.9. The Kier molecular flexibility index (Phi) is 36.5. The Hall–Kier alpha value is -1.62. The maximum absolute atomic E-state index is 12.5. The van der Waals surface area contributed by atoms with E-state index in [-0.39, 0.29) is 25.2 Å². The lowest BCUT2D eigenvalue weighted by Gasteiger charge is -2.18. The van der Waals surface area contributed by atoms with E-state index >= 15 is 0 Å². The number of ether oxygens (including phenoxy) is 3. The van der Waals surface area contributed by atoms with Crippen LogP contribution in [0.25, 0.3) is 0 Å². The van der Waals surface area contributed by atoms with Crippen molar-refractivity contribution in [2.45, 2.75) is 207 Å². The molecule has 46 heavy (non-hydrogen) atoms. The molecule has 0 N–H and O–H groups in total. The predicted octanol–water partition coefficient (Wildman–Crippen LogP) is 12.6. The molecular weight excluding hydrogens is 572 g/mol. The molecule has 0 rings (SSSR count). The van der Waals surface area contributed by atoms with E-state index in [1.54, 1.807) is 0 Å². The molecule has 0 aromatic heterocycles. The van der Waals surface area contributed by atoms with Crippen LogP contribution >= 0.6 is 0 Å². The molecule has 0 saturated carbocycles. The van der Waals surface area contributed by atoms with Crippen LogP contribution in [0.15, 0.2) is 24.3 Å². The topological polar surface area (TPSA) is 61.8 Å². The molecule has 1 atom stereocenters. The summed E-state index contributed by atoms with van der Waals surface area (Å²) in [6.07, 6.45) is 40.4. The predicted molar refractivity (Wildman–Crippen MR) is 196 cm³/mol. The van der Waals surface area contributed by atoms with Gasteiger partial charge in [-0.3, -0.25) is 9.59 Å². The molecule has 0 fully saturated rings. The van der Waals surface area contributed by atoms with Crippen LogP contribution in [0, 0.1) is 0 Å². The van der Waals surface area contributed by atoms with Crippen molar-refractivity contribution in [3.05, 3.63) is 24.3 Å². The van der Waals surface area contributed by atoms with Gasteiger partial charge in [0.2, 0.25) is 0 Å². The molecule has 5 heteroatoms. The van der Waals surface area contributed by atoms with Crippen molar-refractivity contribution in [1.29, 1.82) is 0 Å². The van der Waals surface area contributed by atoms with Crippen LogP contribution in [0.2, 0.25) is 0 Å². The molecule has 0 aromatic rings. The lowest BCUT2D eigenvalue weighted by molar-refractivity contribution is -0.163. The first-order chi connectivity index (χ1) is 22.6. The third-order valence-corrected chi connectivity index (χ3v) is 8.47. The molecule has 0 aliphatic rings. The fraction of sp³-hybridized carbons (Fsp3) is 0.854. The van der Waals surface area contributed by atoms with Crippen molar-refractivity contribution in [3.8, 4) is 0 Å². The van der Waals surface area contributed by atoms with E-state index in [1.807, 2.05) is 0 Å². The van der Waals surface area contributed by atoms with Crippen LogP contribution in [0.1, 0.15) is 201 Å². The smallest absolute Gasteiger partial charge is 0.306 e. The monoisotopic (exact) mass is 649 g/mol. The second-order valence-electron chi connectivity index (χ2n) is 13.2. The first-order valence-electron chi connectivity index (χ1n) is 19.9. The normalized spacial score (nSPS) is 12.3. The van der Waals surface area contributed by atoms with Crippen LogP contribution < -0.4 is 0 Å². The van der Waals surface area contributed by atoms with Gasteiger partial charge in [-0.2, -0.15) is 0 Å². The van der Waals surface area contributed by atoms with Crippen molar-refractivity contribution in [2.75, 3.05) is 19.8 Å². The Morgan fingerprint density at radius 1 is 0.478 bits per heavy atom. The minimum Gasteiger partial charge on any atom is -0.462 e. The summed E-state index contributed by atoms with van der Waals surface area (Å²) >= 11 is 0. The maximum atomic E-state index is 12.5. The number of hydrogen-bond donors (Lipinski definition) is 0. The van der Waals surface area contributed by atoms with Gasteiger partial charge in [0.05, 0.1) is 6.61 Å². The second-order valence-corrected chi connectivity index (χ2v) is 13.2. The van der Waals surface area contributed by atoms with E-state index in [1.165, 1.54) is 109 Å². The first kappa shape index (κ1) is 44.4. The zero-order chi connectivity index (χ0) is 33.6. The number of carbonyl (C=O) groups is 2. The molecule has 0 radical (unpaired) electrons. The van der Waals surface area contributed by atoms with Gasteiger partial charge in [0.25, 0.3) is 0 Å². The van der Waals surface area contributed by atoms with Crippen molar-refractivity contribution in [2.24, 2.45) is 0 Å². The SMILES string of the molecule is CCC/C=C\C/C=C\CCCCCCCC(=O)OCC(COCCCCCCCCCCCCCC)OC(=O)CCCCCCC. The highest BCUT2D eigenvalue weighted by molar-refractivity contribution is 5.70. The van der Waals surface area contributed by atoms with E-state index in [4.69, 9.17) is 14.2 Å². The van der Waals surface area contributed by atoms with Gasteiger partial charge in [0.1, 0.15) is 6.61 Å². The van der Waals surface area contributed by atoms with Gasteiger partial charge in [-0.25, -0.2) is 0 Å². The molecule has 5 nitrogen and oxygen atoms in total. The summed E-state index contributed by atoms with van der Waals surface area (Å²) in [6, 6.07) is 0. The van der Waals surface area contributed by atoms with Crippen LogP contribution in [-0.4, -0.2) is 37.9 Å². The lowest BCUT2D eigenvalue weighted by Crippen LogP contribution is -2.30. The largest absolute Gasteiger partial charge is 0.462 e. The fourth-order valence-corrected chi connectivity index (χ4v) is 5.49. The van der Waals surface area contributed by atoms with Gasteiger partial charge in [-0.15, -0.1) is 0 Å². The molecule has 0 spiro atoms. The second kappa shape index (κ2) is 37.8. The first-order valence-corrected chi connectivity index (χ1v) is 19.9. The Morgan fingerprint density at radius 2 is 0.957 bits per heavy atom. The van der Waals surface area contributed by atoms with Gasteiger partial charge in [-0.1, -0.05) is 167 Å². The Labute approximate surface area is 286 Å². The van der Waals surface area contributed by atoms with E-state index in [2.05, 4.69) is 45.1 Å². The number of hydrogen-bond acceptors (Lipinski definition) is 5. The van der Waals surface area contributed by atoms with Crippen LogP contribution in [0.3, 0.4) is 0 Å². The summed E-state index contributed by atoms with van der Waals surface area (Å²) in [5.41, 5.74) is 0. The van der Waals surface area contributed by atoms with Crippen LogP contribution in [-0.2, 0) is 23.8 Å². The summed E-state index contributed by atoms with van der Waals surface area (Å²) in [7, 11) is 0. The van der Waals surface area contributed by atoms with Gasteiger partial charge >= 0.3 is 11.9 Å². The molecule has 0 aromatic carbocycles. The van der Waals surface area contributed by atoms with Gasteiger partial charge < -0.3 is 14.2 Å². The molecular formula is C41H76O5. The summed E-state index contributed by atoms with van der Waals surface area (Å²) in [5, 5.41) is 0. The van der Waals surface area contributed by atoms with Crippen molar-refractivity contribution >= 4 is 11.9 Å². The summed E-state index contributed by atoms with van der Waals surface area (Å²) in [6.45, 7) is 7.68. The molecule has 0 amide bonds. The Balaban J connectivity index is 4.11. The summed E-state index contributed by atoms with van der Waals surface area (Å²) in [5.74, 6) is -0.421. The van der Waals surface area contributed by atoms with E-state index < -0.39 is 6.10 Å². The zero-order valence-corrected chi connectivity index (χ0v) is 30.8. The van der Waals surface area contributed by atoms with E-state index in [0.717, 1.165) is 57.8 Å². The van der Waals surface area contributed by atoms with E-state index in [0.29, 0.717) is 19.4 Å². The van der Waals surface area contributed by atoms with Crippen LogP contribution in [0.4, 0.5) is 0 Å². The standard InChI is InChI=1S/C41H76O5/c1-4-7-10-13-15-17-19-21-22-24-26-29-31-34-40(42)45-38-39(46-41(43)35-32-28-12-9-6-3)37-44-36-33-30-27-25-23-20-18-16-14-11-8-5-2/h10,13,17,19,39H,4-9,11-12,14-16,18,20-38H2,1-3H3/b13-10-,19-17-. The Morgan fingerprint density at radius 3 is 1.52 bits per heavy atom. The molecule has 0 bridgehead atoms.